The molecule has 0 bridgehead atoms. The van der Waals surface area contributed by atoms with E-state index in [0.717, 1.165) is 24.1 Å². The molecule has 18 heavy (non-hydrogen) atoms. The minimum absolute atomic E-state index is 0.296. The molecule has 1 heterocycles. The second kappa shape index (κ2) is 5.81. The van der Waals surface area contributed by atoms with Crippen LogP contribution in [0.1, 0.15) is 13.3 Å². The monoisotopic (exact) mass is 246 g/mol. The summed E-state index contributed by atoms with van der Waals surface area (Å²) in [6.07, 6.45) is 2.09. The fraction of sp³-hybridized carbons (Fsp3) is 0.250. The summed E-state index contributed by atoms with van der Waals surface area (Å²) < 4.78 is 5.47. The summed E-state index contributed by atoms with van der Waals surface area (Å²) in [7, 11) is 0. The lowest BCUT2D eigenvalue weighted by molar-refractivity contribution is 0.317. The Morgan fingerprint density at radius 2 is 2.11 bits per heavy atom. The molecule has 0 unspecified atom stereocenters. The highest BCUT2D eigenvalue weighted by Crippen LogP contribution is 2.17. The van der Waals surface area contributed by atoms with Gasteiger partial charge in [0.25, 0.3) is 5.56 Å². The van der Waals surface area contributed by atoms with Crippen molar-refractivity contribution >= 4 is 11.6 Å². The third-order valence-corrected chi connectivity index (χ3v) is 2.16. The topological polar surface area (TPSA) is 79.9 Å². The van der Waals surface area contributed by atoms with Crippen molar-refractivity contribution in [3.63, 3.8) is 0 Å². The number of aromatic nitrogens is 3. The summed E-state index contributed by atoms with van der Waals surface area (Å²) in [5.41, 5.74) is 0.505. The molecular formula is C12H14N4O2. The number of H-pyrrole nitrogens is 1. The molecule has 1 aromatic carbocycles. The highest BCUT2D eigenvalue weighted by Gasteiger charge is 1.98. The molecule has 0 aliphatic rings. The van der Waals surface area contributed by atoms with Gasteiger partial charge in [-0.2, -0.15) is 0 Å². The summed E-state index contributed by atoms with van der Waals surface area (Å²) in [6.45, 7) is 2.75. The van der Waals surface area contributed by atoms with E-state index in [-0.39, 0.29) is 5.56 Å². The summed E-state index contributed by atoms with van der Waals surface area (Å²) in [5.74, 6) is 1.12. The average Bonchev–Trinajstić information content (AvgIpc) is 2.38. The van der Waals surface area contributed by atoms with Crippen LogP contribution in [0, 0.1) is 0 Å². The predicted octanol–water partition coefficient (Wildman–Crippen LogP) is 1.70. The molecule has 2 aromatic rings. The first-order valence-electron chi connectivity index (χ1n) is 5.70. The van der Waals surface area contributed by atoms with Crippen molar-refractivity contribution in [2.24, 2.45) is 0 Å². The summed E-state index contributed by atoms with van der Waals surface area (Å²) >= 11 is 0. The van der Waals surface area contributed by atoms with Crippen LogP contribution in [0.15, 0.2) is 35.3 Å². The third kappa shape index (κ3) is 3.31. The fourth-order valence-electron chi connectivity index (χ4n) is 1.36. The Hall–Kier alpha value is -2.37. The lowest BCUT2D eigenvalue weighted by Gasteiger charge is -2.07. The Labute approximate surface area is 104 Å². The fourth-order valence-corrected chi connectivity index (χ4v) is 1.36. The van der Waals surface area contributed by atoms with Crippen molar-refractivity contribution in [2.45, 2.75) is 13.3 Å². The molecule has 0 atom stereocenters. The SMILES string of the molecule is CCCOc1ccc(Nc2nncc(=O)[nH]2)cc1. The number of ether oxygens (including phenoxy) is 1. The van der Waals surface area contributed by atoms with Crippen LogP contribution in [-0.2, 0) is 0 Å². The van der Waals surface area contributed by atoms with Gasteiger partial charge in [-0.1, -0.05) is 6.92 Å². The average molecular weight is 246 g/mol. The largest absolute Gasteiger partial charge is 0.494 e. The van der Waals surface area contributed by atoms with Crippen molar-refractivity contribution in [3.05, 3.63) is 40.8 Å². The number of aromatic amines is 1. The minimum atomic E-state index is -0.296. The molecule has 2 rings (SSSR count). The Balaban J connectivity index is 2.04. The number of benzene rings is 1. The first kappa shape index (κ1) is 12.1. The van der Waals surface area contributed by atoms with Gasteiger partial charge in [-0.05, 0) is 30.7 Å². The van der Waals surface area contributed by atoms with E-state index in [2.05, 4.69) is 27.4 Å². The van der Waals surface area contributed by atoms with Crippen LogP contribution >= 0.6 is 0 Å². The number of rotatable bonds is 5. The van der Waals surface area contributed by atoms with E-state index in [9.17, 15) is 4.79 Å². The molecule has 0 amide bonds. The Morgan fingerprint density at radius 1 is 1.33 bits per heavy atom. The van der Waals surface area contributed by atoms with Crippen LogP contribution in [0.3, 0.4) is 0 Å². The lowest BCUT2D eigenvalue weighted by atomic mass is 10.3. The van der Waals surface area contributed by atoms with Crippen LogP contribution in [0.4, 0.5) is 11.6 Å². The molecule has 1 aromatic heterocycles. The van der Waals surface area contributed by atoms with Gasteiger partial charge in [-0.3, -0.25) is 9.78 Å². The van der Waals surface area contributed by atoms with Crippen LogP contribution < -0.4 is 15.6 Å². The standard InChI is InChI=1S/C12H14N4O2/c1-2-7-18-10-5-3-9(4-6-10)14-12-15-11(17)8-13-16-12/h3-6,8H,2,7H2,1H3,(H2,14,15,16,17). The van der Waals surface area contributed by atoms with E-state index in [0.29, 0.717) is 12.6 Å². The maximum atomic E-state index is 11.0. The maximum Gasteiger partial charge on any atom is 0.271 e. The lowest BCUT2D eigenvalue weighted by Crippen LogP contribution is -2.10. The van der Waals surface area contributed by atoms with Crippen molar-refractivity contribution in [1.82, 2.24) is 15.2 Å². The van der Waals surface area contributed by atoms with Gasteiger partial charge in [0.15, 0.2) is 0 Å². The molecule has 6 heteroatoms. The van der Waals surface area contributed by atoms with Crippen molar-refractivity contribution in [3.8, 4) is 5.75 Å². The molecule has 0 saturated heterocycles. The van der Waals surface area contributed by atoms with Crippen molar-refractivity contribution in [1.29, 1.82) is 0 Å². The molecule has 6 nitrogen and oxygen atoms in total. The summed E-state index contributed by atoms with van der Waals surface area (Å²) in [6, 6.07) is 7.40. The molecule has 94 valence electrons. The Bertz CT molecular complexity index is 551. The Kier molecular flexibility index (Phi) is 3.90. The normalized spacial score (nSPS) is 10.1. The molecule has 0 radical (unpaired) electrons. The first-order valence-corrected chi connectivity index (χ1v) is 5.70. The van der Waals surface area contributed by atoms with Crippen molar-refractivity contribution < 1.29 is 4.74 Å². The third-order valence-electron chi connectivity index (χ3n) is 2.16. The zero-order valence-corrected chi connectivity index (χ0v) is 10.0. The molecular weight excluding hydrogens is 232 g/mol. The van der Waals surface area contributed by atoms with Crippen LogP contribution in [0.25, 0.3) is 0 Å². The van der Waals surface area contributed by atoms with Crippen LogP contribution in [0.5, 0.6) is 5.75 Å². The van der Waals surface area contributed by atoms with Gasteiger partial charge in [-0.25, -0.2) is 0 Å². The number of nitrogens with zero attached hydrogens (tertiary/aromatic N) is 2. The highest BCUT2D eigenvalue weighted by molar-refractivity contribution is 5.53. The van der Waals surface area contributed by atoms with Gasteiger partial charge >= 0.3 is 0 Å². The molecule has 0 saturated carbocycles. The second-order valence-electron chi connectivity index (χ2n) is 3.68. The molecule has 0 aliphatic carbocycles. The zero-order valence-electron chi connectivity index (χ0n) is 10.0. The smallest absolute Gasteiger partial charge is 0.271 e. The number of hydrogen-bond donors (Lipinski definition) is 2. The van der Waals surface area contributed by atoms with Gasteiger partial charge in [0.2, 0.25) is 5.95 Å². The van der Waals surface area contributed by atoms with Crippen molar-refractivity contribution in [2.75, 3.05) is 11.9 Å². The Morgan fingerprint density at radius 3 is 2.78 bits per heavy atom. The number of anilines is 2. The second-order valence-corrected chi connectivity index (χ2v) is 3.68. The zero-order chi connectivity index (χ0) is 12.8. The van der Waals surface area contributed by atoms with E-state index in [1.165, 1.54) is 0 Å². The maximum absolute atomic E-state index is 11.0. The van der Waals surface area contributed by atoms with E-state index >= 15 is 0 Å². The van der Waals surface area contributed by atoms with Gasteiger partial charge in [0.05, 0.1) is 6.61 Å². The van der Waals surface area contributed by atoms with Gasteiger partial charge < -0.3 is 10.1 Å². The number of hydrogen-bond acceptors (Lipinski definition) is 5. The molecule has 2 N–H and O–H groups in total. The summed E-state index contributed by atoms with van der Waals surface area (Å²) in [4.78, 5) is 13.6. The molecule has 0 aliphatic heterocycles. The van der Waals surface area contributed by atoms with Gasteiger partial charge in [-0.15, -0.1) is 10.2 Å². The van der Waals surface area contributed by atoms with E-state index in [1.807, 2.05) is 24.3 Å². The van der Waals surface area contributed by atoms with Gasteiger partial charge in [0, 0.05) is 5.69 Å². The van der Waals surface area contributed by atoms with Crippen LogP contribution in [0.2, 0.25) is 0 Å². The minimum Gasteiger partial charge on any atom is -0.494 e. The number of nitrogens with one attached hydrogen (secondary N) is 2. The molecule has 0 spiro atoms. The first-order chi connectivity index (χ1) is 8.78. The predicted molar refractivity (Wildman–Crippen MR) is 68.2 cm³/mol. The van der Waals surface area contributed by atoms with Crippen LogP contribution in [-0.4, -0.2) is 21.8 Å². The van der Waals surface area contributed by atoms with E-state index < -0.39 is 0 Å². The quantitative estimate of drug-likeness (QED) is 0.839. The van der Waals surface area contributed by atoms with E-state index in [4.69, 9.17) is 4.74 Å². The summed E-state index contributed by atoms with van der Waals surface area (Å²) in [5, 5.41) is 10.3. The van der Waals surface area contributed by atoms with E-state index in [1.54, 1.807) is 0 Å². The highest BCUT2D eigenvalue weighted by atomic mass is 16.5. The molecule has 0 fully saturated rings. The van der Waals surface area contributed by atoms with Gasteiger partial charge in [0.1, 0.15) is 11.9 Å².